The third-order valence-corrected chi connectivity index (χ3v) is 2.67. The van der Waals surface area contributed by atoms with Gasteiger partial charge < -0.3 is 0 Å². The second-order valence-electron chi connectivity index (χ2n) is 3.52. The average Bonchev–Trinajstić information content (AvgIpc) is 2.74. The molecule has 6 nitrogen and oxygen atoms in total. The maximum atomic E-state index is 11.8. The van der Waals surface area contributed by atoms with Crippen LogP contribution in [0.15, 0.2) is 9.59 Å². The molecule has 0 saturated heterocycles. The van der Waals surface area contributed by atoms with Gasteiger partial charge in [0.2, 0.25) is 0 Å². The molecule has 0 bridgehead atoms. The maximum Gasteiger partial charge on any atom is 0.332 e. The fourth-order valence-electron chi connectivity index (χ4n) is 1.96. The molecule has 80 valence electrons. The van der Waals surface area contributed by atoms with E-state index in [0.717, 1.165) is 11.0 Å². The summed E-state index contributed by atoms with van der Waals surface area (Å²) in [6, 6.07) is 3.57. The number of rotatable bonds is 1. The third-order valence-electron chi connectivity index (χ3n) is 2.67. The predicted molar refractivity (Wildman–Crippen MR) is 53.6 cm³/mol. The summed E-state index contributed by atoms with van der Waals surface area (Å²) >= 11 is 0. The minimum absolute atomic E-state index is 0.00708. The fraction of sp³-hybridized carbons (Fsp3) is 0.400. The molecule has 0 saturated carbocycles. The van der Waals surface area contributed by atoms with E-state index >= 15 is 0 Å². The Kier molecular flexibility index (Phi) is 2.34. The highest BCUT2D eigenvalue weighted by Gasteiger charge is 2.22. The van der Waals surface area contributed by atoms with Crippen LogP contribution in [0.25, 0.3) is 0 Å². The number of aromatic nitrogens is 2. The first kappa shape index (κ1) is 10.2. The van der Waals surface area contributed by atoms with Gasteiger partial charge in [0.05, 0.1) is 6.07 Å². The first-order chi connectivity index (χ1) is 7.70. The Hall–Kier alpha value is -2.34. The second kappa shape index (κ2) is 3.67. The SMILES string of the molecule is N#CCn1c(=O)c(C#N)c2n(c1=O)CCC2. The number of fused-ring (bicyclic) bond motifs is 1. The minimum Gasteiger partial charge on any atom is -0.296 e. The van der Waals surface area contributed by atoms with Crippen LogP contribution in [0.1, 0.15) is 17.7 Å². The molecule has 0 N–H and O–H groups in total. The quantitative estimate of drug-likeness (QED) is 0.623. The van der Waals surface area contributed by atoms with Gasteiger partial charge in [-0.15, -0.1) is 0 Å². The van der Waals surface area contributed by atoms with Crippen LogP contribution in [-0.4, -0.2) is 9.13 Å². The number of hydrogen-bond donors (Lipinski definition) is 0. The number of hydrogen-bond acceptors (Lipinski definition) is 4. The highest BCUT2D eigenvalue weighted by molar-refractivity contribution is 5.33. The molecule has 0 radical (unpaired) electrons. The first-order valence-electron chi connectivity index (χ1n) is 4.84. The zero-order valence-electron chi connectivity index (χ0n) is 8.43. The molecular formula is C10H8N4O2. The minimum atomic E-state index is -0.651. The maximum absolute atomic E-state index is 11.8. The van der Waals surface area contributed by atoms with Gasteiger partial charge in [-0.1, -0.05) is 0 Å². The first-order valence-corrected chi connectivity index (χ1v) is 4.84. The Bertz CT molecular complexity index is 639. The Morgan fingerprint density at radius 1 is 1.31 bits per heavy atom. The van der Waals surface area contributed by atoms with Gasteiger partial charge in [0.1, 0.15) is 18.2 Å². The fourth-order valence-corrected chi connectivity index (χ4v) is 1.96. The molecule has 16 heavy (non-hydrogen) atoms. The van der Waals surface area contributed by atoms with Gasteiger partial charge in [0, 0.05) is 12.2 Å². The molecule has 0 atom stereocenters. The Labute approximate surface area is 90.6 Å². The molecule has 1 aliphatic heterocycles. The highest BCUT2D eigenvalue weighted by atomic mass is 16.2. The van der Waals surface area contributed by atoms with E-state index in [2.05, 4.69) is 0 Å². The van der Waals surface area contributed by atoms with Crippen LogP contribution in [0, 0.1) is 22.7 Å². The van der Waals surface area contributed by atoms with E-state index < -0.39 is 11.2 Å². The van der Waals surface area contributed by atoms with Crippen molar-refractivity contribution < 1.29 is 0 Å². The van der Waals surface area contributed by atoms with E-state index in [4.69, 9.17) is 10.5 Å². The summed E-state index contributed by atoms with van der Waals surface area (Å²) in [4.78, 5) is 23.6. The highest BCUT2D eigenvalue weighted by Crippen LogP contribution is 2.12. The molecule has 1 aromatic rings. The van der Waals surface area contributed by atoms with Crippen molar-refractivity contribution in [1.82, 2.24) is 9.13 Å². The lowest BCUT2D eigenvalue weighted by Gasteiger charge is -2.07. The standard InChI is InChI=1S/C10H8N4O2/c11-3-5-14-9(15)7(6-12)8-2-1-4-13(8)10(14)16/h1-2,4-5H2. The molecule has 0 aliphatic carbocycles. The number of nitrogens with zero attached hydrogens (tertiary/aromatic N) is 4. The van der Waals surface area contributed by atoms with Crippen LogP contribution < -0.4 is 11.2 Å². The smallest absolute Gasteiger partial charge is 0.296 e. The average molecular weight is 216 g/mol. The van der Waals surface area contributed by atoms with Crippen molar-refractivity contribution in [3.63, 3.8) is 0 Å². The van der Waals surface area contributed by atoms with Crippen molar-refractivity contribution in [3.05, 3.63) is 32.1 Å². The summed E-state index contributed by atoms with van der Waals surface area (Å²) in [5.41, 5.74) is -0.640. The lowest BCUT2D eigenvalue weighted by Crippen LogP contribution is -2.41. The summed E-state index contributed by atoms with van der Waals surface area (Å²) in [6.07, 6.45) is 1.32. The van der Waals surface area contributed by atoms with Crippen molar-refractivity contribution in [1.29, 1.82) is 10.5 Å². The third kappa shape index (κ3) is 1.24. The molecular weight excluding hydrogens is 208 g/mol. The van der Waals surface area contributed by atoms with E-state index in [0.29, 0.717) is 18.7 Å². The Morgan fingerprint density at radius 2 is 2.06 bits per heavy atom. The molecule has 2 heterocycles. The summed E-state index contributed by atoms with van der Waals surface area (Å²) in [5.74, 6) is 0. The molecule has 1 aliphatic rings. The monoisotopic (exact) mass is 216 g/mol. The Balaban J connectivity index is 2.87. The largest absolute Gasteiger partial charge is 0.332 e. The van der Waals surface area contributed by atoms with Crippen LogP contribution in [0.4, 0.5) is 0 Å². The van der Waals surface area contributed by atoms with Crippen molar-refractivity contribution >= 4 is 0 Å². The van der Waals surface area contributed by atoms with Gasteiger partial charge in [-0.25, -0.2) is 9.36 Å². The van der Waals surface area contributed by atoms with Gasteiger partial charge >= 0.3 is 5.69 Å². The second-order valence-corrected chi connectivity index (χ2v) is 3.52. The predicted octanol–water partition coefficient (Wildman–Crippen LogP) is -0.649. The van der Waals surface area contributed by atoms with E-state index in [-0.39, 0.29) is 12.1 Å². The van der Waals surface area contributed by atoms with Gasteiger partial charge in [-0.05, 0) is 12.8 Å². The molecule has 1 aromatic heterocycles. The van der Waals surface area contributed by atoms with Crippen molar-refractivity contribution in [2.24, 2.45) is 0 Å². The van der Waals surface area contributed by atoms with Crippen molar-refractivity contribution in [2.75, 3.05) is 0 Å². The topological polar surface area (TPSA) is 91.6 Å². The zero-order chi connectivity index (χ0) is 11.7. The molecule has 0 fully saturated rings. The molecule has 0 spiro atoms. The summed E-state index contributed by atoms with van der Waals surface area (Å²) in [6.45, 7) is 0.196. The van der Waals surface area contributed by atoms with E-state index in [1.807, 2.05) is 6.07 Å². The van der Waals surface area contributed by atoms with Crippen LogP contribution in [0.5, 0.6) is 0 Å². The summed E-state index contributed by atoms with van der Waals surface area (Å²) in [7, 11) is 0. The van der Waals surface area contributed by atoms with Gasteiger partial charge in [0.25, 0.3) is 5.56 Å². The normalized spacial score (nSPS) is 12.9. The molecule has 0 aromatic carbocycles. The summed E-state index contributed by atoms with van der Waals surface area (Å²) < 4.78 is 2.23. The van der Waals surface area contributed by atoms with E-state index in [9.17, 15) is 9.59 Å². The van der Waals surface area contributed by atoms with Gasteiger partial charge in [-0.3, -0.25) is 9.36 Å². The van der Waals surface area contributed by atoms with E-state index in [1.165, 1.54) is 4.57 Å². The van der Waals surface area contributed by atoms with Gasteiger partial charge in [0.15, 0.2) is 0 Å². The Morgan fingerprint density at radius 3 is 2.69 bits per heavy atom. The van der Waals surface area contributed by atoms with Crippen LogP contribution in [0.3, 0.4) is 0 Å². The zero-order valence-corrected chi connectivity index (χ0v) is 8.43. The van der Waals surface area contributed by atoms with Crippen molar-refractivity contribution in [2.45, 2.75) is 25.9 Å². The molecule has 6 heteroatoms. The van der Waals surface area contributed by atoms with Crippen LogP contribution in [0.2, 0.25) is 0 Å². The van der Waals surface area contributed by atoms with Crippen LogP contribution in [-0.2, 0) is 19.5 Å². The lowest BCUT2D eigenvalue weighted by atomic mass is 10.2. The molecule has 0 unspecified atom stereocenters. The molecule has 2 rings (SSSR count). The van der Waals surface area contributed by atoms with Crippen molar-refractivity contribution in [3.8, 4) is 12.1 Å². The summed E-state index contributed by atoms with van der Waals surface area (Å²) in [5, 5.41) is 17.4. The van der Waals surface area contributed by atoms with E-state index in [1.54, 1.807) is 6.07 Å². The van der Waals surface area contributed by atoms with Gasteiger partial charge in [-0.2, -0.15) is 10.5 Å². The number of nitriles is 2. The molecule has 0 amide bonds. The van der Waals surface area contributed by atoms with Crippen LogP contribution >= 0.6 is 0 Å². The lowest BCUT2D eigenvalue weighted by molar-refractivity contribution is 0.611.